The Kier molecular flexibility index (Phi) is 8.26. The molecule has 0 aliphatic carbocycles. The molecule has 0 aliphatic heterocycles. The molecule has 0 spiro atoms. The van der Waals surface area contributed by atoms with Crippen LogP contribution < -0.4 is 4.72 Å². The number of carboxylic acid groups (broad SMARTS) is 1. The third-order valence-electron chi connectivity index (χ3n) is 4.90. The van der Waals surface area contributed by atoms with Crippen molar-refractivity contribution in [2.45, 2.75) is 26.4 Å². The van der Waals surface area contributed by atoms with Gasteiger partial charge in [-0.1, -0.05) is 55.8 Å². The molecule has 0 bridgehead atoms. The van der Waals surface area contributed by atoms with Crippen LogP contribution in [0.1, 0.15) is 46.2 Å². The summed E-state index contributed by atoms with van der Waals surface area (Å²) in [5.41, 5.74) is 0.918. The van der Waals surface area contributed by atoms with Crippen molar-refractivity contribution < 1.29 is 37.4 Å². The molecule has 0 aliphatic rings. The van der Waals surface area contributed by atoms with Crippen LogP contribution in [-0.4, -0.2) is 42.1 Å². The lowest BCUT2D eigenvalue weighted by Gasteiger charge is -2.13. The number of carbonyl (C=O) groups excluding carboxylic acids is 2. The number of carboxylic acids is 1. The molecule has 1 aromatic heterocycles. The van der Waals surface area contributed by atoms with Gasteiger partial charge in [0.15, 0.2) is 5.69 Å². The number of aromatic nitrogens is 1. The smallest absolute Gasteiger partial charge is 0.422 e. The first kappa shape index (κ1) is 25.5. The molecule has 0 atom stereocenters. The minimum Gasteiger partial charge on any atom is -0.478 e. The summed E-state index contributed by atoms with van der Waals surface area (Å²) in [6.45, 7) is 1.83. The van der Waals surface area contributed by atoms with Crippen molar-refractivity contribution in [3.05, 3.63) is 83.7 Å². The third kappa shape index (κ3) is 6.48. The molecule has 3 rings (SSSR count). The number of ether oxygens (including phenoxy) is 2. The molecular formula is C24H24N2O8S. The third-order valence-corrected chi connectivity index (χ3v) is 6.15. The summed E-state index contributed by atoms with van der Waals surface area (Å²) < 4.78 is 38.5. The molecule has 2 aromatic carbocycles. The second-order valence-electron chi connectivity index (χ2n) is 7.41. The van der Waals surface area contributed by atoms with Crippen molar-refractivity contribution in [3.63, 3.8) is 0 Å². The first-order valence-electron chi connectivity index (χ1n) is 10.7. The molecule has 0 unspecified atom stereocenters. The van der Waals surface area contributed by atoms with E-state index in [1.165, 1.54) is 30.3 Å². The molecule has 184 valence electrons. The van der Waals surface area contributed by atoms with Gasteiger partial charge in [-0.15, -0.1) is 0 Å². The molecule has 1 amide bonds. The fourth-order valence-corrected chi connectivity index (χ4v) is 4.13. The van der Waals surface area contributed by atoms with Crippen LogP contribution in [0.15, 0.2) is 66.9 Å². The summed E-state index contributed by atoms with van der Waals surface area (Å²) in [5, 5.41) is 9.11. The number of unbranched alkanes of at least 4 members (excludes halogenated alkanes) is 1. The Bertz CT molecular complexity index is 1300. The Labute approximate surface area is 202 Å². The number of nitrogens with zero attached hydrogens (tertiary/aromatic N) is 1. The van der Waals surface area contributed by atoms with E-state index in [0.717, 1.165) is 12.6 Å². The fourth-order valence-electron chi connectivity index (χ4n) is 3.12. The molecule has 2 N–H and O–H groups in total. The maximum absolute atomic E-state index is 13.0. The number of carbonyl (C=O) groups is 3. The Balaban J connectivity index is 1.89. The highest BCUT2D eigenvalue weighted by Crippen LogP contribution is 2.27. The summed E-state index contributed by atoms with van der Waals surface area (Å²) in [6, 6.07) is 15.6. The molecule has 0 radical (unpaired) electrons. The molecule has 0 saturated carbocycles. The zero-order chi connectivity index (χ0) is 25.4. The van der Waals surface area contributed by atoms with Crippen molar-refractivity contribution in [2.24, 2.45) is 0 Å². The minimum atomic E-state index is -4.58. The number of benzene rings is 2. The summed E-state index contributed by atoms with van der Waals surface area (Å²) in [7, 11) is -4.58. The molecule has 1 heterocycles. The Morgan fingerprint density at radius 3 is 2.29 bits per heavy atom. The lowest BCUT2D eigenvalue weighted by molar-refractivity contribution is 0.0491. The van der Waals surface area contributed by atoms with Gasteiger partial charge in [0.1, 0.15) is 6.61 Å². The van der Waals surface area contributed by atoms with E-state index in [-0.39, 0.29) is 30.0 Å². The van der Waals surface area contributed by atoms with Crippen LogP contribution >= 0.6 is 0 Å². The standard InChI is InChI=1S/C24H24N2O8S/c1-2-3-15-33-23(29)21-20(18-9-11-19(12-10-18)22(27)28)13-14-26(21)35(31,32)25-24(30)34-16-17-7-5-4-6-8-17/h4-14H,2-3,15-16H2,1H3,(H,25,30)(H,27,28). The van der Waals surface area contributed by atoms with Gasteiger partial charge < -0.3 is 14.6 Å². The molecule has 3 aromatic rings. The van der Waals surface area contributed by atoms with Gasteiger partial charge in [0.25, 0.3) is 0 Å². The topological polar surface area (TPSA) is 141 Å². The zero-order valence-corrected chi connectivity index (χ0v) is 19.7. The van der Waals surface area contributed by atoms with E-state index >= 15 is 0 Å². The number of amides is 1. The summed E-state index contributed by atoms with van der Waals surface area (Å²) in [6.07, 6.45) is 1.21. The number of hydrogen-bond acceptors (Lipinski definition) is 7. The lowest BCUT2D eigenvalue weighted by Crippen LogP contribution is -2.36. The van der Waals surface area contributed by atoms with Gasteiger partial charge in [-0.3, -0.25) is 0 Å². The number of hydrogen-bond donors (Lipinski definition) is 2. The van der Waals surface area contributed by atoms with Crippen LogP contribution in [0.4, 0.5) is 4.79 Å². The second-order valence-corrected chi connectivity index (χ2v) is 8.96. The van der Waals surface area contributed by atoms with Crippen molar-refractivity contribution in [1.29, 1.82) is 0 Å². The summed E-state index contributed by atoms with van der Waals surface area (Å²) in [5.74, 6) is -2.04. The highest BCUT2D eigenvalue weighted by Gasteiger charge is 2.28. The van der Waals surface area contributed by atoms with Crippen molar-refractivity contribution >= 4 is 28.2 Å². The van der Waals surface area contributed by atoms with Gasteiger partial charge in [-0.05, 0) is 35.7 Å². The minimum absolute atomic E-state index is 0.0238. The molecule has 11 heteroatoms. The number of nitrogens with one attached hydrogen (secondary N) is 1. The highest BCUT2D eigenvalue weighted by molar-refractivity contribution is 7.88. The molecule has 0 saturated heterocycles. The first-order valence-corrected chi connectivity index (χ1v) is 12.1. The highest BCUT2D eigenvalue weighted by atomic mass is 32.2. The SMILES string of the molecule is CCCCOC(=O)c1c(-c2ccc(C(=O)O)cc2)ccn1S(=O)(=O)NC(=O)OCc1ccccc1. The summed E-state index contributed by atoms with van der Waals surface area (Å²) >= 11 is 0. The van der Waals surface area contributed by atoms with Crippen LogP contribution in [0.3, 0.4) is 0 Å². The van der Waals surface area contributed by atoms with Crippen molar-refractivity contribution in [3.8, 4) is 11.1 Å². The van der Waals surface area contributed by atoms with E-state index in [0.29, 0.717) is 21.5 Å². The average molecular weight is 501 g/mol. The van der Waals surface area contributed by atoms with Gasteiger partial charge in [0, 0.05) is 11.8 Å². The fraction of sp³-hybridized carbons (Fsp3) is 0.208. The number of rotatable bonds is 10. The maximum Gasteiger partial charge on any atom is 0.422 e. The zero-order valence-electron chi connectivity index (χ0n) is 18.8. The average Bonchev–Trinajstić information content (AvgIpc) is 3.30. The Morgan fingerprint density at radius 1 is 0.971 bits per heavy atom. The monoisotopic (exact) mass is 500 g/mol. The van der Waals surface area contributed by atoms with Crippen LogP contribution in [0.5, 0.6) is 0 Å². The largest absolute Gasteiger partial charge is 0.478 e. The van der Waals surface area contributed by atoms with Gasteiger partial charge >= 0.3 is 28.2 Å². The van der Waals surface area contributed by atoms with Crippen LogP contribution in [0.2, 0.25) is 0 Å². The Hall–Kier alpha value is -4.12. The van der Waals surface area contributed by atoms with Crippen LogP contribution in [-0.2, 0) is 26.3 Å². The van der Waals surface area contributed by atoms with Gasteiger partial charge in [-0.25, -0.2) is 23.1 Å². The van der Waals surface area contributed by atoms with E-state index in [1.807, 2.05) is 6.92 Å². The van der Waals surface area contributed by atoms with Crippen molar-refractivity contribution in [2.75, 3.05) is 6.61 Å². The summed E-state index contributed by atoms with van der Waals surface area (Å²) in [4.78, 5) is 36.2. The van der Waals surface area contributed by atoms with E-state index in [9.17, 15) is 22.8 Å². The van der Waals surface area contributed by atoms with E-state index < -0.39 is 28.2 Å². The first-order chi connectivity index (χ1) is 16.7. The van der Waals surface area contributed by atoms with Gasteiger partial charge in [-0.2, -0.15) is 8.42 Å². The van der Waals surface area contributed by atoms with Gasteiger partial charge in [0.2, 0.25) is 0 Å². The van der Waals surface area contributed by atoms with Crippen molar-refractivity contribution in [1.82, 2.24) is 8.69 Å². The predicted octanol–water partition coefficient (Wildman–Crippen LogP) is 3.83. The molecule has 35 heavy (non-hydrogen) atoms. The maximum atomic E-state index is 13.0. The van der Waals surface area contributed by atoms with E-state index in [1.54, 1.807) is 35.1 Å². The molecule has 10 nitrogen and oxygen atoms in total. The normalized spacial score (nSPS) is 11.0. The van der Waals surface area contributed by atoms with E-state index in [2.05, 4.69) is 0 Å². The van der Waals surface area contributed by atoms with Gasteiger partial charge in [0.05, 0.1) is 12.2 Å². The van der Waals surface area contributed by atoms with E-state index in [4.69, 9.17) is 14.6 Å². The molecular weight excluding hydrogens is 476 g/mol. The Morgan fingerprint density at radius 2 is 1.66 bits per heavy atom. The van der Waals surface area contributed by atoms with Crippen LogP contribution in [0.25, 0.3) is 11.1 Å². The molecule has 0 fully saturated rings. The lowest BCUT2D eigenvalue weighted by atomic mass is 10.0. The predicted molar refractivity (Wildman–Crippen MR) is 126 cm³/mol. The van der Waals surface area contributed by atoms with Crippen LogP contribution in [0, 0.1) is 0 Å². The number of aromatic carboxylic acids is 1. The second kappa shape index (κ2) is 11.3. The number of esters is 1. The quantitative estimate of drug-likeness (QED) is 0.316.